The largest absolute Gasteiger partial charge is 0.460 e. The Morgan fingerprint density at radius 1 is 0.774 bits per heavy atom. The van der Waals surface area contributed by atoms with Gasteiger partial charge >= 0.3 is 5.97 Å². The fourth-order valence-corrected chi connectivity index (χ4v) is 4.84. The molecule has 156 valence electrons. The van der Waals surface area contributed by atoms with Crippen molar-refractivity contribution in [2.75, 3.05) is 0 Å². The van der Waals surface area contributed by atoms with E-state index in [1.165, 1.54) is 48.7 Å². The van der Waals surface area contributed by atoms with Gasteiger partial charge in [0, 0.05) is 0 Å². The lowest BCUT2D eigenvalue weighted by molar-refractivity contribution is -0.159. The summed E-state index contributed by atoms with van der Waals surface area (Å²) in [4.78, 5) is 12.6. The highest BCUT2D eigenvalue weighted by molar-refractivity contribution is 6.30. The molecular formula is C29H28O2. The van der Waals surface area contributed by atoms with Crippen LogP contribution in [0.1, 0.15) is 39.7 Å². The molecule has 0 bridgehead atoms. The molecule has 5 aromatic carbocycles. The summed E-state index contributed by atoms with van der Waals surface area (Å²) in [6.07, 6.45) is 1.61. The van der Waals surface area contributed by atoms with E-state index in [4.69, 9.17) is 4.74 Å². The Kier molecular flexibility index (Phi) is 4.62. The van der Waals surface area contributed by atoms with Crippen molar-refractivity contribution in [2.24, 2.45) is 5.92 Å². The van der Waals surface area contributed by atoms with Crippen molar-refractivity contribution in [1.82, 2.24) is 0 Å². The third kappa shape index (κ3) is 3.40. The Morgan fingerprint density at radius 3 is 2.10 bits per heavy atom. The van der Waals surface area contributed by atoms with E-state index in [1.807, 2.05) is 27.7 Å². The number of ether oxygens (including phenoxy) is 1. The number of hydrogen-bond acceptors (Lipinski definition) is 2. The molecule has 5 rings (SSSR count). The molecule has 31 heavy (non-hydrogen) atoms. The average Bonchev–Trinajstić information content (AvgIpc) is 2.74. The van der Waals surface area contributed by atoms with Crippen molar-refractivity contribution in [3.05, 3.63) is 72.3 Å². The molecule has 5 aromatic rings. The van der Waals surface area contributed by atoms with E-state index in [9.17, 15) is 4.79 Å². The molecule has 0 saturated heterocycles. The average molecular weight is 409 g/mol. The summed E-state index contributed by atoms with van der Waals surface area (Å²) in [6, 6.07) is 24.2. The Labute approximate surface area is 183 Å². The van der Waals surface area contributed by atoms with Gasteiger partial charge in [-0.2, -0.15) is 0 Å². The van der Waals surface area contributed by atoms with Gasteiger partial charge in [-0.1, -0.05) is 73.7 Å². The summed E-state index contributed by atoms with van der Waals surface area (Å²) < 4.78 is 5.62. The first-order chi connectivity index (χ1) is 14.8. The topological polar surface area (TPSA) is 26.3 Å². The van der Waals surface area contributed by atoms with Gasteiger partial charge in [-0.05, 0) is 82.3 Å². The van der Waals surface area contributed by atoms with Crippen LogP contribution in [-0.4, -0.2) is 11.6 Å². The molecule has 2 heteroatoms. The van der Waals surface area contributed by atoms with Crippen LogP contribution in [0.25, 0.3) is 43.1 Å². The SMILES string of the molecule is CC(CCc1c2ccccc2c2ccc3cccc4ccc1c2c43)C(=O)OC(C)(C)C. The van der Waals surface area contributed by atoms with Crippen LogP contribution in [-0.2, 0) is 16.0 Å². The van der Waals surface area contributed by atoms with E-state index in [1.54, 1.807) is 0 Å². The van der Waals surface area contributed by atoms with Crippen molar-refractivity contribution in [3.8, 4) is 0 Å². The second-order valence-electron chi connectivity index (χ2n) is 9.68. The molecule has 0 aromatic heterocycles. The lowest BCUT2D eigenvalue weighted by atomic mass is 9.85. The number of hydrogen-bond donors (Lipinski definition) is 0. The number of esters is 1. The third-order valence-electron chi connectivity index (χ3n) is 6.28. The lowest BCUT2D eigenvalue weighted by Gasteiger charge is -2.23. The standard InChI is InChI=1S/C29H28O2/c1-18(28(30)31-29(2,3)4)12-15-23-21-10-5-6-11-22(21)24-16-13-19-8-7-9-20-14-17-25(23)27(24)26(19)20/h5-11,13-14,16-18H,12,15H2,1-4H3. The van der Waals surface area contributed by atoms with E-state index in [-0.39, 0.29) is 11.9 Å². The van der Waals surface area contributed by atoms with Crippen molar-refractivity contribution in [2.45, 2.75) is 46.1 Å². The van der Waals surface area contributed by atoms with Crippen molar-refractivity contribution in [1.29, 1.82) is 0 Å². The third-order valence-corrected chi connectivity index (χ3v) is 6.28. The van der Waals surface area contributed by atoms with E-state index in [0.717, 1.165) is 12.8 Å². The van der Waals surface area contributed by atoms with Crippen molar-refractivity contribution in [3.63, 3.8) is 0 Å². The maximum Gasteiger partial charge on any atom is 0.309 e. The molecule has 0 aliphatic heterocycles. The highest BCUT2D eigenvalue weighted by atomic mass is 16.6. The predicted molar refractivity (Wildman–Crippen MR) is 131 cm³/mol. The fourth-order valence-electron chi connectivity index (χ4n) is 4.84. The molecule has 0 amide bonds. The smallest absolute Gasteiger partial charge is 0.309 e. The molecule has 1 atom stereocenters. The van der Waals surface area contributed by atoms with Gasteiger partial charge in [-0.15, -0.1) is 0 Å². The summed E-state index contributed by atoms with van der Waals surface area (Å²) in [5.41, 5.74) is 0.877. The number of carbonyl (C=O) groups is 1. The second-order valence-corrected chi connectivity index (χ2v) is 9.68. The summed E-state index contributed by atoms with van der Waals surface area (Å²) in [5, 5.41) is 10.4. The van der Waals surface area contributed by atoms with Gasteiger partial charge < -0.3 is 4.74 Å². The summed E-state index contributed by atoms with van der Waals surface area (Å²) in [5.74, 6) is -0.258. The summed E-state index contributed by atoms with van der Waals surface area (Å²) >= 11 is 0. The minimum atomic E-state index is -0.453. The number of fused-ring (bicyclic) bond motifs is 2. The van der Waals surface area contributed by atoms with Gasteiger partial charge in [-0.25, -0.2) is 0 Å². The highest BCUT2D eigenvalue weighted by Crippen LogP contribution is 2.41. The molecule has 2 nitrogen and oxygen atoms in total. The summed E-state index contributed by atoms with van der Waals surface area (Å²) in [7, 11) is 0. The van der Waals surface area contributed by atoms with Gasteiger partial charge in [0.25, 0.3) is 0 Å². The monoisotopic (exact) mass is 408 g/mol. The predicted octanol–water partition coefficient (Wildman–Crippen LogP) is 7.65. The zero-order valence-corrected chi connectivity index (χ0v) is 18.7. The maximum atomic E-state index is 12.6. The zero-order valence-electron chi connectivity index (χ0n) is 18.7. The van der Waals surface area contributed by atoms with Gasteiger partial charge in [0.15, 0.2) is 0 Å². The zero-order chi connectivity index (χ0) is 21.8. The van der Waals surface area contributed by atoms with Gasteiger partial charge in [0.2, 0.25) is 0 Å². The van der Waals surface area contributed by atoms with Crippen LogP contribution in [0.5, 0.6) is 0 Å². The molecule has 0 radical (unpaired) electrons. The first kappa shape index (κ1) is 19.8. The minimum absolute atomic E-state index is 0.116. The van der Waals surface area contributed by atoms with Crippen LogP contribution in [0.3, 0.4) is 0 Å². The van der Waals surface area contributed by atoms with Crippen LogP contribution < -0.4 is 0 Å². The Morgan fingerprint density at radius 2 is 1.42 bits per heavy atom. The van der Waals surface area contributed by atoms with Gasteiger partial charge in [-0.3, -0.25) is 4.79 Å². The number of aryl methyl sites for hydroxylation is 1. The molecule has 1 unspecified atom stereocenters. The van der Waals surface area contributed by atoms with Gasteiger partial charge in [0.05, 0.1) is 5.92 Å². The van der Waals surface area contributed by atoms with E-state index >= 15 is 0 Å². The van der Waals surface area contributed by atoms with Crippen molar-refractivity contribution >= 4 is 49.1 Å². The lowest BCUT2D eigenvalue weighted by Crippen LogP contribution is -2.27. The molecule has 0 aliphatic carbocycles. The van der Waals surface area contributed by atoms with E-state index in [2.05, 4.69) is 66.7 Å². The molecular weight excluding hydrogens is 380 g/mol. The quantitative estimate of drug-likeness (QED) is 0.173. The maximum absolute atomic E-state index is 12.6. The first-order valence-electron chi connectivity index (χ1n) is 11.1. The minimum Gasteiger partial charge on any atom is -0.460 e. The molecule has 0 saturated carbocycles. The molecule has 0 fully saturated rings. The first-order valence-corrected chi connectivity index (χ1v) is 11.1. The Balaban J connectivity index is 1.67. The van der Waals surface area contributed by atoms with Crippen LogP contribution in [0.2, 0.25) is 0 Å². The molecule has 0 aliphatic rings. The summed E-state index contributed by atoms with van der Waals surface area (Å²) in [6.45, 7) is 7.75. The Hall–Kier alpha value is -3.13. The Bertz CT molecular complexity index is 1410. The highest BCUT2D eigenvalue weighted by Gasteiger charge is 2.23. The van der Waals surface area contributed by atoms with Gasteiger partial charge in [0.1, 0.15) is 5.60 Å². The number of benzene rings is 5. The number of carbonyl (C=O) groups excluding carboxylic acids is 1. The van der Waals surface area contributed by atoms with E-state index in [0.29, 0.717) is 0 Å². The fraction of sp³-hybridized carbons (Fsp3) is 0.276. The molecule has 0 N–H and O–H groups in total. The number of rotatable bonds is 4. The van der Waals surface area contributed by atoms with Crippen molar-refractivity contribution < 1.29 is 9.53 Å². The van der Waals surface area contributed by atoms with Crippen LogP contribution in [0, 0.1) is 5.92 Å². The van der Waals surface area contributed by atoms with E-state index < -0.39 is 5.60 Å². The molecule has 0 heterocycles. The second kappa shape index (κ2) is 7.23. The molecule has 0 spiro atoms. The van der Waals surface area contributed by atoms with Crippen LogP contribution in [0.15, 0.2) is 66.7 Å². The normalized spacial score (nSPS) is 13.4. The van der Waals surface area contributed by atoms with Crippen LogP contribution in [0.4, 0.5) is 0 Å². The van der Waals surface area contributed by atoms with Crippen LogP contribution >= 0.6 is 0 Å².